The zero-order chi connectivity index (χ0) is 13.1. The maximum Gasteiger partial charge on any atom is 0.236 e. The van der Waals surface area contributed by atoms with Crippen molar-refractivity contribution in [3.63, 3.8) is 0 Å². The Hall–Kier alpha value is -0.570. The average Bonchev–Trinajstić information content (AvgIpc) is 2.66. The van der Waals surface area contributed by atoms with E-state index in [1.807, 2.05) is 4.90 Å². The summed E-state index contributed by atoms with van der Waals surface area (Å²) in [6.45, 7) is 14.5. The molecule has 3 nitrogen and oxygen atoms in total. The maximum absolute atomic E-state index is 12.1. The summed E-state index contributed by atoms with van der Waals surface area (Å²) in [4.78, 5) is 16.4. The summed E-state index contributed by atoms with van der Waals surface area (Å²) < 4.78 is 0. The van der Waals surface area contributed by atoms with Crippen LogP contribution in [0.2, 0.25) is 0 Å². The third-order valence-electron chi connectivity index (χ3n) is 3.20. The van der Waals surface area contributed by atoms with Crippen LogP contribution in [-0.2, 0) is 4.79 Å². The van der Waals surface area contributed by atoms with Crippen LogP contribution in [0.5, 0.6) is 0 Å². The predicted octanol–water partition coefficient (Wildman–Crippen LogP) is 2.37. The van der Waals surface area contributed by atoms with E-state index in [4.69, 9.17) is 0 Å². The van der Waals surface area contributed by atoms with Gasteiger partial charge in [0.05, 0.1) is 6.54 Å². The van der Waals surface area contributed by atoms with Crippen LogP contribution in [0.1, 0.15) is 47.5 Å². The molecule has 0 aromatic carbocycles. The van der Waals surface area contributed by atoms with Gasteiger partial charge in [-0.15, -0.1) is 0 Å². The highest BCUT2D eigenvalue weighted by atomic mass is 16.2. The minimum Gasteiger partial charge on any atom is -0.342 e. The number of nitrogens with zero attached hydrogens (tertiary/aromatic N) is 2. The predicted molar refractivity (Wildman–Crippen MR) is 72.0 cm³/mol. The topological polar surface area (TPSA) is 23.6 Å². The molecule has 1 saturated heterocycles. The highest BCUT2D eigenvalue weighted by Crippen LogP contribution is 2.17. The Morgan fingerprint density at radius 2 is 1.76 bits per heavy atom. The van der Waals surface area contributed by atoms with E-state index in [0.717, 1.165) is 19.6 Å². The first-order valence-corrected chi connectivity index (χ1v) is 6.81. The molecular formula is C14H28N2O. The molecule has 17 heavy (non-hydrogen) atoms. The third-order valence-corrected chi connectivity index (χ3v) is 3.20. The Kier molecular flexibility index (Phi) is 4.99. The quantitative estimate of drug-likeness (QED) is 0.753. The summed E-state index contributed by atoms with van der Waals surface area (Å²) in [5.74, 6) is 0.306. The first-order valence-electron chi connectivity index (χ1n) is 6.81. The van der Waals surface area contributed by atoms with Crippen molar-refractivity contribution < 1.29 is 4.79 Å². The number of hydrogen-bond acceptors (Lipinski definition) is 2. The fourth-order valence-corrected chi connectivity index (χ4v) is 2.27. The minimum atomic E-state index is 0.246. The van der Waals surface area contributed by atoms with E-state index in [2.05, 4.69) is 39.5 Å². The maximum atomic E-state index is 12.1. The van der Waals surface area contributed by atoms with E-state index >= 15 is 0 Å². The molecule has 1 heterocycles. The van der Waals surface area contributed by atoms with Crippen molar-refractivity contribution in [3.8, 4) is 0 Å². The van der Waals surface area contributed by atoms with Crippen LogP contribution in [0.25, 0.3) is 0 Å². The van der Waals surface area contributed by atoms with Crippen LogP contribution in [0.15, 0.2) is 0 Å². The molecule has 0 saturated carbocycles. The normalized spacial score (nSPS) is 17.2. The minimum absolute atomic E-state index is 0.246. The summed E-state index contributed by atoms with van der Waals surface area (Å²) in [5.41, 5.74) is 0.246. The molecule has 0 aromatic rings. The molecule has 1 fully saturated rings. The van der Waals surface area contributed by atoms with Crippen LogP contribution in [0.4, 0.5) is 0 Å². The molecule has 1 amide bonds. The smallest absolute Gasteiger partial charge is 0.236 e. The van der Waals surface area contributed by atoms with E-state index in [9.17, 15) is 4.79 Å². The van der Waals surface area contributed by atoms with Gasteiger partial charge in [-0.05, 0) is 32.1 Å². The Morgan fingerprint density at radius 3 is 2.18 bits per heavy atom. The Labute approximate surface area is 106 Å². The largest absolute Gasteiger partial charge is 0.342 e. The Balaban J connectivity index is 2.51. The van der Waals surface area contributed by atoms with Gasteiger partial charge in [-0.2, -0.15) is 0 Å². The van der Waals surface area contributed by atoms with Gasteiger partial charge in [0.2, 0.25) is 5.91 Å². The molecule has 0 radical (unpaired) electrons. The molecule has 0 N–H and O–H groups in total. The molecule has 0 bridgehead atoms. The molecule has 0 aliphatic carbocycles. The lowest BCUT2D eigenvalue weighted by molar-refractivity contribution is -0.132. The highest BCUT2D eigenvalue weighted by Gasteiger charge is 2.24. The fourth-order valence-electron chi connectivity index (χ4n) is 2.27. The third kappa shape index (κ3) is 5.07. The lowest BCUT2D eigenvalue weighted by Gasteiger charge is -2.33. The van der Waals surface area contributed by atoms with E-state index in [1.165, 1.54) is 12.8 Å². The van der Waals surface area contributed by atoms with Crippen molar-refractivity contribution in [1.82, 2.24) is 9.80 Å². The van der Waals surface area contributed by atoms with E-state index in [1.54, 1.807) is 0 Å². The van der Waals surface area contributed by atoms with Crippen molar-refractivity contribution in [2.24, 2.45) is 5.41 Å². The van der Waals surface area contributed by atoms with Crippen LogP contribution >= 0.6 is 0 Å². The highest BCUT2D eigenvalue weighted by molar-refractivity contribution is 5.78. The SMILES string of the molecule is CC(C)N(CC(=O)N1CCCC1)CC(C)(C)C. The number of rotatable bonds is 4. The van der Waals surface area contributed by atoms with Crippen LogP contribution in [-0.4, -0.2) is 47.9 Å². The first-order chi connectivity index (χ1) is 7.79. The second-order valence-electron chi connectivity index (χ2n) is 6.65. The van der Waals surface area contributed by atoms with Crippen LogP contribution in [0, 0.1) is 5.41 Å². The van der Waals surface area contributed by atoms with Gasteiger partial charge in [0, 0.05) is 25.7 Å². The van der Waals surface area contributed by atoms with Crippen molar-refractivity contribution in [1.29, 1.82) is 0 Å². The molecule has 0 spiro atoms. The molecule has 1 rings (SSSR count). The van der Waals surface area contributed by atoms with E-state index in [0.29, 0.717) is 18.5 Å². The van der Waals surface area contributed by atoms with E-state index < -0.39 is 0 Å². The van der Waals surface area contributed by atoms with Gasteiger partial charge in [0.1, 0.15) is 0 Å². The van der Waals surface area contributed by atoms with Gasteiger partial charge in [-0.3, -0.25) is 9.69 Å². The Bertz CT molecular complexity index is 249. The summed E-state index contributed by atoms with van der Waals surface area (Å²) in [6.07, 6.45) is 2.35. The Morgan fingerprint density at radius 1 is 1.24 bits per heavy atom. The van der Waals surface area contributed by atoms with Gasteiger partial charge in [0.25, 0.3) is 0 Å². The number of carbonyl (C=O) groups excluding carboxylic acids is 1. The molecular weight excluding hydrogens is 212 g/mol. The molecule has 0 unspecified atom stereocenters. The zero-order valence-corrected chi connectivity index (χ0v) is 12.1. The molecule has 0 atom stereocenters. The second kappa shape index (κ2) is 5.85. The fraction of sp³-hybridized carbons (Fsp3) is 0.929. The first kappa shape index (κ1) is 14.5. The van der Waals surface area contributed by atoms with E-state index in [-0.39, 0.29) is 5.41 Å². The van der Waals surface area contributed by atoms with Crippen LogP contribution in [0.3, 0.4) is 0 Å². The van der Waals surface area contributed by atoms with Crippen molar-refractivity contribution in [3.05, 3.63) is 0 Å². The molecule has 1 aliphatic rings. The van der Waals surface area contributed by atoms with Gasteiger partial charge < -0.3 is 4.90 Å². The monoisotopic (exact) mass is 240 g/mol. The molecule has 0 aromatic heterocycles. The summed E-state index contributed by atoms with van der Waals surface area (Å²) in [5, 5.41) is 0. The van der Waals surface area contributed by atoms with Crippen LogP contribution < -0.4 is 0 Å². The van der Waals surface area contributed by atoms with Crippen molar-refractivity contribution >= 4 is 5.91 Å². The zero-order valence-electron chi connectivity index (χ0n) is 12.1. The average molecular weight is 240 g/mol. The summed E-state index contributed by atoms with van der Waals surface area (Å²) in [7, 11) is 0. The van der Waals surface area contributed by atoms with Gasteiger partial charge in [-0.25, -0.2) is 0 Å². The second-order valence-corrected chi connectivity index (χ2v) is 6.65. The number of carbonyl (C=O) groups is 1. The summed E-state index contributed by atoms with van der Waals surface area (Å²) in [6, 6.07) is 0.431. The van der Waals surface area contributed by atoms with Crippen molar-refractivity contribution in [2.45, 2.75) is 53.5 Å². The number of amides is 1. The number of likely N-dealkylation sites (tertiary alicyclic amines) is 1. The molecule has 3 heteroatoms. The summed E-state index contributed by atoms with van der Waals surface area (Å²) >= 11 is 0. The van der Waals surface area contributed by atoms with Gasteiger partial charge >= 0.3 is 0 Å². The lowest BCUT2D eigenvalue weighted by atomic mass is 9.95. The molecule has 1 aliphatic heterocycles. The lowest BCUT2D eigenvalue weighted by Crippen LogP contribution is -2.45. The van der Waals surface area contributed by atoms with Crippen molar-refractivity contribution in [2.75, 3.05) is 26.2 Å². The molecule has 100 valence electrons. The van der Waals surface area contributed by atoms with Gasteiger partial charge in [-0.1, -0.05) is 20.8 Å². The van der Waals surface area contributed by atoms with Gasteiger partial charge in [0.15, 0.2) is 0 Å². The standard InChI is InChI=1S/C14H28N2O/c1-12(2)16(11-14(3,4)5)10-13(17)15-8-6-7-9-15/h12H,6-11H2,1-5H3. The number of hydrogen-bond donors (Lipinski definition) is 0.